The lowest BCUT2D eigenvalue weighted by atomic mass is 10.1. The highest BCUT2D eigenvalue weighted by Gasteiger charge is 2.19. The van der Waals surface area contributed by atoms with E-state index in [9.17, 15) is 9.90 Å². The van der Waals surface area contributed by atoms with Crippen molar-refractivity contribution in [2.45, 2.75) is 25.5 Å². The van der Waals surface area contributed by atoms with Crippen LogP contribution in [0, 0.1) is 0 Å². The van der Waals surface area contributed by atoms with E-state index in [1.807, 2.05) is 21.0 Å². The monoisotopic (exact) mass is 280 g/mol. The van der Waals surface area contributed by atoms with Crippen LogP contribution in [-0.4, -0.2) is 49.7 Å². The van der Waals surface area contributed by atoms with E-state index in [0.29, 0.717) is 11.3 Å². The van der Waals surface area contributed by atoms with Gasteiger partial charge >= 0.3 is 0 Å². The summed E-state index contributed by atoms with van der Waals surface area (Å²) in [4.78, 5) is 14.0. The van der Waals surface area contributed by atoms with Crippen molar-refractivity contribution in [3.8, 4) is 5.75 Å². The van der Waals surface area contributed by atoms with Gasteiger partial charge in [-0.15, -0.1) is 0 Å². The largest absolute Gasteiger partial charge is 0.497 e. The van der Waals surface area contributed by atoms with Crippen LogP contribution in [0.2, 0.25) is 0 Å². The molecule has 0 fully saturated rings. The second-order valence-electron chi connectivity index (χ2n) is 5.18. The molecule has 0 saturated heterocycles. The molecule has 2 unspecified atom stereocenters. The summed E-state index contributed by atoms with van der Waals surface area (Å²) in [5.41, 5.74) is 0.529. The summed E-state index contributed by atoms with van der Waals surface area (Å²) >= 11 is 0. The highest BCUT2D eigenvalue weighted by Crippen LogP contribution is 2.19. The van der Waals surface area contributed by atoms with Crippen LogP contribution in [0.3, 0.4) is 0 Å². The molecule has 5 heteroatoms. The number of benzene rings is 1. The van der Waals surface area contributed by atoms with Crippen LogP contribution in [0.15, 0.2) is 24.3 Å². The van der Waals surface area contributed by atoms with Gasteiger partial charge < -0.3 is 20.1 Å². The molecule has 20 heavy (non-hydrogen) atoms. The fourth-order valence-electron chi connectivity index (χ4n) is 1.81. The van der Waals surface area contributed by atoms with Crippen molar-refractivity contribution in [2.24, 2.45) is 0 Å². The van der Waals surface area contributed by atoms with Gasteiger partial charge in [0.15, 0.2) is 6.10 Å². The van der Waals surface area contributed by atoms with E-state index in [-0.39, 0.29) is 11.9 Å². The highest BCUT2D eigenvalue weighted by atomic mass is 16.5. The second-order valence-corrected chi connectivity index (χ2v) is 5.18. The molecule has 0 saturated carbocycles. The van der Waals surface area contributed by atoms with Crippen LogP contribution in [0.4, 0.5) is 0 Å². The van der Waals surface area contributed by atoms with Crippen molar-refractivity contribution < 1.29 is 14.6 Å². The van der Waals surface area contributed by atoms with Crippen molar-refractivity contribution >= 4 is 5.91 Å². The molecule has 0 aromatic heterocycles. The summed E-state index contributed by atoms with van der Waals surface area (Å²) in [6, 6.07) is 6.91. The van der Waals surface area contributed by atoms with Gasteiger partial charge in [-0.25, -0.2) is 0 Å². The van der Waals surface area contributed by atoms with Crippen molar-refractivity contribution in [1.82, 2.24) is 10.2 Å². The number of rotatable bonds is 7. The maximum atomic E-state index is 12.0. The molecule has 0 aliphatic carbocycles. The number of carbonyl (C=O) groups excluding carboxylic acids is 1. The van der Waals surface area contributed by atoms with E-state index in [1.165, 1.54) is 0 Å². The second kappa shape index (κ2) is 7.87. The molecule has 2 N–H and O–H groups in total. The van der Waals surface area contributed by atoms with Crippen LogP contribution in [0.5, 0.6) is 5.75 Å². The van der Waals surface area contributed by atoms with Crippen molar-refractivity contribution in [3.05, 3.63) is 29.8 Å². The highest BCUT2D eigenvalue weighted by molar-refractivity contribution is 5.82. The summed E-state index contributed by atoms with van der Waals surface area (Å²) < 4.78 is 5.08. The molecule has 0 radical (unpaired) electrons. The number of nitrogens with one attached hydrogen (secondary N) is 1. The molecule has 1 aromatic rings. The van der Waals surface area contributed by atoms with E-state index >= 15 is 0 Å². The number of aliphatic hydroxyl groups excluding tert-OH is 1. The number of nitrogens with zero attached hydrogens (tertiary/aromatic N) is 1. The molecule has 1 amide bonds. The van der Waals surface area contributed by atoms with E-state index in [1.54, 1.807) is 31.4 Å². The summed E-state index contributed by atoms with van der Waals surface area (Å²) in [5, 5.41) is 12.9. The van der Waals surface area contributed by atoms with Gasteiger partial charge in [0.05, 0.1) is 7.11 Å². The van der Waals surface area contributed by atoms with Gasteiger partial charge in [-0.1, -0.05) is 12.1 Å². The van der Waals surface area contributed by atoms with Gasteiger partial charge in [0.25, 0.3) is 5.91 Å². The van der Waals surface area contributed by atoms with Gasteiger partial charge in [-0.3, -0.25) is 4.79 Å². The minimum atomic E-state index is -1.17. The third-order valence-electron chi connectivity index (χ3n) is 3.06. The predicted octanol–water partition coefficient (Wildman–Crippen LogP) is 1.18. The number of amides is 1. The van der Waals surface area contributed by atoms with Gasteiger partial charge in [-0.2, -0.15) is 0 Å². The molecule has 5 nitrogen and oxygen atoms in total. The molecule has 0 aliphatic rings. The van der Waals surface area contributed by atoms with Crippen LogP contribution >= 0.6 is 0 Å². The molecule has 1 aromatic carbocycles. The fraction of sp³-hybridized carbons (Fsp3) is 0.533. The molecular weight excluding hydrogens is 256 g/mol. The van der Waals surface area contributed by atoms with Gasteiger partial charge in [-0.05, 0) is 51.7 Å². The summed E-state index contributed by atoms with van der Waals surface area (Å²) in [6.45, 7) is 2.82. The number of hydrogen-bond donors (Lipinski definition) is 2. The first-order valence-electron chi connectivity index (χ1n) is 6.71. The first-order chi connectivity index (χ1) is 9.43. The lowest BCUT2D eigenvalue weighted by Gasteiger charge is -2.19. The summed E-state index contributed by atoms with van der Waals surface area (Å²) in [5.74, 6) is 0.236. The standard InChI is InChI=1S/C15H24N2O3/c1-11(8-9-17(2)3)16-15(19)14(18)12-6-5-7-13(10-12)20-4/h5-7,10-11,14,18H,8-9H2,1-4H3,(H,16,19). The maximum absolute atomic E-state index is 12.0. The van der Waals surface area contributed by atoms with Crippen LogP contribution in [-0.2, 0) is 4.79 Å². The normalized spacial score (nSPS) is 13.9. The number of hydrogen-bond acceptors (Lipinski definition) is 4. The Morgan fingerprint density at radius 2 is 2.15 bits per heavy atom. The Hall–Kier alpha value is -1.59. The molecule has 1 rings (SSSR count). The van der Waals surface area contributed by atoms with Crippen molar-refractivity contribution in [1.29, 1.82) is 0 Å². The average Bonchev–Trinajstić information content (AvgIpc) is 2.44. The zero-order valence-corrected chi connectivity index (χ0v) is 12.6. The van der Waals surface area contributed by atoms with E-state index in [2.05, 4.69) is 10.2 Å². The maximum Gasteiger partial charge on any atom is 0.253 e. The Balaban J connectivity index is 2.57. The number of carbonyl (C=O) groups is 1. The molecule has 0 bridgehead atoms. The lowest BCUT2D eigenvalue weighted by Crippen LogP contribution is -2.37. The minimum Gasteiger partial charge on any atom is -0.497 e. The van der Waals surface area contributed by atoms with Crippen LogP contribution in [0.25, 0.3) is 0 Å². The van der Waals surface area contributed by atoms with Crippen LogP contribution < -0.4 is 10.1 Å². The van der Waals surface area contributed by atoms with Gasteiger partial charge in [0.2, 0.25) is 0 Å². The molecule has 2 atom stereocenters. The Morgan fingerprint density at radius 1 is 1.45 bits per heavy atom. The SMILES string of the molecule is COc1cccc(C(O)C(=O)NC(C)CCN(C)C)c1. The molecule has 0 heterocycles. The van der Waals surface area contributed by atoms with Crippen LogP contribution in [0.1, 0.15) is 25.0 Å². The van der Waals surface area contributed by atoms with Crippen molar-refractivity contribution in [3.63, 3.8) is 0 Å². The Bertz CT molecular complexity index is 435. The first-order valence-corrected chi connectivity index (χ1v) is 6.71. The number of aliphatic hydroxyl groups is 1. The van der Waals surface area contributed by atoms with Gasteiger partial charge in [0.1, 0.15) is 5.75 Å². The molecular formula is C15H24N2O3. The zero-order chi connectivity index (χ0) is 15.1. The number of ether oxygens (including phenoxy) is 1. The number of methoxy groups -OCH3 is 1. The summed E-state index contributed by atoms with van der Waals surface area (Å²) in [7, 11) is 5.52. The Morgan fingerprint density at radius 3 is 2.75 bits per heavy atom. The molecule has 0 spiro atoms. The van der Waals surface area contributed by atoms with E-state index < -0.39 is 6.10 Å². The zero-order valence-electron chi connectivity index (χ0n) is 12.6. The van der Waals surface area contributed by atoms with Gasteiger partial charge in [0, 0.05) is 6.04 Å². The molecule has 0 aliphatic heterocycles. The quantitative estimate of drug-likeness (QED) is 0.787. The average molecular weight is 280 g/mol. The Kier molecular flexibility index (Phi) is 6.48. The third-order valence-corrected chi connectivity index (χ3v) is 3.06. The smallest absolute Gasteiger partial charge is 0.253 e. The Labute approximate surface area is 120 Å². The van der Waals surface area contributed by atoms with E-state index in [0.717, 1.165) is 13.0 Å². The third kappa shape index (κ3) is 5.19. The van der Waals surface area contributed by atoms with Crippen molar-refractivity contribution in [2.75, 3.05) is 27.7 Å². The fourth-order valence-corrected chi connectivity index (χ4v) is 1.81. The molecule has 112 valence electrons. The first kappa shape index (κ1) is 16.5. The minimum absolute atomic E-state index is 0.0187. The summed E-state index contributed by atoms with van der Waals surface area (Å²) in [6.07, 6.45) is -0.337. The topological polar surface area (TPSA) is 61.8 Å². The lowest BCUT2D eigenvalue weighted by molar-refractivity contribution is -0.130. The van der Waals surface area contributed by atoms with E-state index in [4.69, 9.17) is 4.74 Å². The predicted molar refractivity (Wildman–Crippen MR) is 78.7 cm³/mol.